The largest absolute Gasteiger partial charge is 0.349 e. The van der Waals surface area contributed by atoms with E-state index in [1.165, 1.54) is 0 Å². The zero-order valence-corrected chi connectivity index (χ0v) is 15.1. The van der Waals surface area contributed by atoms with Gasteiger partial charge in [0.15, 0.2) is 0 Å². The molecule has 2 aromatic heterocycles. The van der Waals surface area contributed by atoms with Crippen molar-refractivity contribution in [1.82, 2.24) is 15.0 Å². The van der Waals surface area contributed by atoms with Crippen LogP contribution in [0, 0.1) is 6.92 Å². The number of pyridine rings is 1. The number of nitrogens with zero attached hydrogens (tertiary/aromatic N) is 3. The Hall–Kier alpha value is -2.80. The number of nitrogens with one attached hydrogen (secondary N) is 2. The fourth-order valence-corrected chi connectivity index (χ4v) is 2.60. The summed E-state index contributed by atoms with van der Waals surface area (Å²) in [6.45, 7) is 2.31. The van der Waals surface area contributed by atoms with Crippen molar-refractivity contribution in [3.8, 4) is 0 Å². The average molecular weight is 398 g/mol. The molecule has 0 spiro atoms. The van der Waals surface area contributed by atoms with Crippen molar-refractivity contribution in [2.24, 2.45) is 0 Å². The summed E-state index contributed by atoms with van der Waals surface area (Å²) in [6.07, 6.45) is 1.73. The molecule has 6 nitrogen and oxygen atoms in total. The lowest BCUT2D eigenvalue weighted by atomic mass is 10.3. The van der Waals surface area contributed by atoms with E-state index in [1.54, 1.807) is 12.3 Å². The third-order valence-electron chi connectivity index (χ3n) is 3.32. The van der Waals surface area contributed by atoms with Crippen molar-refractivity contribution >= 4 is 33.5 Å². The number of benzene rings is 1. The van der Waals surface area contributed by atoms with E-state index in [1.807, 2.05) is 49.4 Å². The van der Waals surface area contributed by atoms with Gasteiger partial charge in [0.05, 0.1) is 12.2 Å². The van der Waals surface area contributed by atoms with Gasteiger partial charge in [-0.2, -0.15) is 0 Å². The van der Waals surface area contributed by atoms with E-state index < -0.39 is 0 Å². The molecule has 126 valence electrons. The summed E-state index contributed by atoms with van der Waals surface area (Å²) in [6, 6.07) is 14.7. The predicted molar refractivity (Wildman–Crippen MR) is 100 cm³/mol. The number of hydrogen-bond acceptors (Lipinski definition) is 5. The number of carbonyl (C=O) groups is 1. The lowest BCUT2D eigenvalue weighted by molar-refractivity contribution is 0.102. The van der Waals surface area contributed by atoms with Gasteiger partial charge < -0.3 is 10.6 Å². The molecular formula is C18H16BrN5O. The maximum atomic E-state index is 12.4. The molecule has 0 bridgehead atoms. The van der Waals surface area contributed by atoms with Gasteiger partial charge in [0.25, 0.3) is 5.91 Å². The molecule has 3 aromatic rings. The molecule has 0 unspecified atom stereocenters. The molecule has 2 N–H and O–H groups in total. The highest BCUT2D eigenvalue weighted by Gasteiger charge is 2.11. The Morgan fingerprint density at radius 3 is 2.76 bits per heavy atom. The van der Waals surface area contributed by atoms with Crippen molar-refractivity contribution in [3.63, 3.8) is 0 Å². The lowest BCUT2D eigenvalue weighted by Gasteiger charge is -2.09. The van der Waals surface area contributed by atoms with Crippen molar-refractivity contribution in [3.05, 3.63) is 76.3 Å². The maximum Gasteiger partial charge on any atom is 0.274 e. The highest BCUT2D eigenvalue weighted by molar-refractivity contribution is 9.10. The van der Waals surface area contributed by atoms with Crippen LogP contribution in [-0.4, -0.2) is 20.9 Å². The SMILES string of the molecule is Cc1cc(C(=O)Nc2cccc(Br)c2)nc(NCc2ccccn2)n1. The summed E-state index contributed by atoms with van der Waals surface area (Å²) in [4.78, 5) is 25.3. The smallest absolute Gasteiger partial charge is 0.274 e. The maximum absolute atomic E-state index is 12.4. The number of aryl methyl sites for hydroxylation is 1. The molecule has 1 aromatic carbocycles. The molecule has 0 aliphatic rings. The van der Waals surface area contributed by atoms with Crippen molar-refractivity contribution < 1.29 is 4.79 Å². The monoisotopic (exact) mass is 397 g/mol. The zero-order valence-electron chi connectivity index (χ0n) is 13.5. The number of aromatic nitrogens is 3. The minimum absolute atomic E-state index is 0.288. The Kier molecular flexibility index (Phi) is 5.35. The van der Waals surface area contributed by atoms with Gasteiger partial charge in [0.2, 0.25) is 5.95 Å². The fraction of sp³-hybridized carbons (Fsp3) is 0.111. The Morgan fingerprint density at radius 2 is 2.00 bits per heavy atom. The first-order valence-electron chi connectivity index (χ1n) is 7.66. The molecule has 3 rings (SSSR count). The van der Waals surface area contributed by atoms with Crippen LogP contribution in [0.4, 0.5) is 11.6 Å². The highest BCUT2D eigenvalue weighted by Crippen LogP contribution is 2.16. The first-order chi connectivity index (χ1) is 12.1. The van der Waals surface area contributed by atoms with Gasteiger partial charge >= 0.3 is 0 Å². The topological polar surface area (TPSA) is 79.8 Å². The molecule has 0 fully saturated rings. The van der Waals surface area contributed by atoms with E-state index >= 15 is 0 Å². The molecular weight excluding hydrogens is 382 g/mol. The average Bonchev–Trinajstić information content (AvgIpc) is 2.60. The molecule has 7 heteroatoms. The van der Waals surface area contributed by atoms with Crippen LogP contribution in [0.3, 0.4) is 0 Å². The van der Waals surface area contributed by atoms with Crippen molar-refractivity contribution in [1.29, 1.82) is 0 Å². The summed E-state index contributed by atoms with van der Waals surface area (Å²) >= 11 is 3.38. The quantitative estimate of drug-likeness (QED) is 0.684. The Labute approximate surface area is 153 Å². The molecule has 0 aliphatic heterocycles. The van der Waals surface area contributed by atoms with Gasteiger partial charge in [-0.25, -0.2) is 9.97 Å². The summed E-state index contributed by atoms with van der Waals surface area (Å²) in [7, 11) is 0. The van der Waals surface area contributed by atoms with E-state index in [2.05, 4.69) is 41.5 Å². The first kappa shape index (κ1) is 17.0. The van der Waals surface area contributed by atoms with Crippen LogP contribution in [0.25, 0.3) is 0 Å². The van der Waals surface area contributed by atoms with Crippen LogP contribution < -0.4 is 10.6 Å². The Balaban J connectivity index is 1.73. The van der Waals surface area contributed by atoms with Crippen LogP contribution in [-0.2, 0) is 6.54 Å². The second kappa shape index (κ2) is 7.85. The number of amides is 1. The van der Waals surface area contributed by atoms with Crippen molar-refractivity contribution in [2.45, 2.75) is 13.5 Å². The standard InChI is InChI=1S/C18H16BrN5O/c1-12-9-16(17(25)23-14-7-4-5-13(19)10-14)24-18(22-12)21-11-15-6-2-3-8-20-15/h2-10H,11H2,1H3,(H,23,25)(H,21,22,24). The van der Waals surface area contributed by atoms with E-state index in [0.29, 0.717) is 29.6 Å². The summed E-state index contributed by atoms with van der Waals surface area (Å²) in [5.41, 5.74) is 2.57. The summed E-state index contributed by atoms with van der Waals surface area (Å²) < 4.78 is 0.891. The number of carbonyl (C=O) groups excluding carboxylic acids is 1. The van der Waals surface area contributed by atoms with Crippen LogP contribution in [0.2, 0.25) is 0 Å². The predicted octanol–water partition coefficient (Wildman–Crippen LogP) is 3.81. The first-order valence-corrected chi connectivity index (χ1v) is 8.46. The molecule has 25 heavy (non-hydrogen) atoms. The molecule has 0 saturated heterocycles. The van der Waals surface area contributed by atoms with Crippen LogP contribution in [0.1, 0.15) is 21.9 Å². The number of hydrogen-bond donors (Lipinski definition) is 2. The molecule has 0 radical (unpaired) electrons. The van der Waals surface area contributed by atoms with E-state index in [9.17, 15) is 4.79 Å². The van der Waals surface area contributed by atoms with Crippen LogP contribution in [0.5, 0.6) is 0 Å². The van der Waals surface area contributed by atoms with Crippen LogP contribution in [0.15, 0.2) is 59.2 Å². The third kappa shape index (κ3) is 4.84. The molecule has 1 amide bonds. The highest BCUT2D eigenvalue weighted by atomic mass is 79.9. The van der Waals surface area contributed by atoms with Gasteiger partial charge in [-0.3, -0.25) is 9.78 Å². The number of anilines is 2. The second-order valence-corrected chi connectivity index (χ2v) is 6.27. The minimum Gasteiger partial charge on any atom is -0.349 e. The number of rotatable bonds is 5. The summed E-state index contributed by atoms with van der Waals surface area (Å²) in [5.74, 6) is 0.106. The lowest BCUT2D eigenvalue weighted by Crippen LogP contribution is -2.16. The molecule has 0 atom stereocenters. The minimum atomic E-state index is -0.288. The van der Waals surface area contributed by atoms with E-state index in [0.717, 1.165) is 10.2 Å². The second-order valence-electron chi connectivity index (χ2n) is 5.36. The Bertz CT molecular complexity index is 886. The van der Waals surface area contributed by atoms with Gasteiger partial charge in [0.1, 0.15) is 5.69 Å². The summed E-state index contributed by atoms with van der Waals surface area (Å²) in [5, 5.41) is 5.93. The van der Waals surface area contributed by atoms with E-state index in [-0.39, 0.29) is 5.91 Å². The van der Waals surface area contributed by atoms with Gasteiger partial charge in [0, 0.05) is 22.1 Å². The number of halogens is 1. The molecule has 0 saturated carbocycles. The molecule has 2 heterocycles. The van der Waals surface area contributed by atoms with Gasteiger partial charge in [-0.05, 0) is 43.3 Å². The van der Waals surface area contributed by atoms with Crippen LogP contribution >= 0.6 is 15.9 Å². The Morgan fingerprint density at radius 1 is 1.12 bits per heavy atom. The third-order valence-corrected chi connectivity index (χ3v) is 3.82. The van der Waals surface area contributed by atoms with E-state index in [4.69, 9.17) is 0 Å². The fourth-order valence-electron chi connectivity index (χ4n) is 2.20. The van der Waals surface area contributed by atoms with Gasteiger partial charge in [-0.1, -0.05) is 28.1 Å². The zero-order chi connectivity index (χ0) is 17.6. The van der Waals surface area contributed by atoms with Crippen molar-refractivity contribution in [2.75, 3.05) is 10.6 Å². The molecule has 0 aliphatic carbocycles. The normalized spacial score (nSPS) is 10.3. The van der Waals surface area contributed by atoms with Gasteiger partial charge in [-0.15, -0.1) is 0 Å².